The summed E-state index contributed by atoms with van der Waals surface area (Å²) in [5.41, 5.74) is 14.7. The van der Waals surface area contributed by atoms with Crippen LogP contribution in [0.4, 0.5) is 17.1 Å². The Hall–Kier alpha value is -7.10. The van der Waals surface area contributed by atoms with E-state index in [0.717, 1.165) is 50.8 Å². The molecule has 0 bridgehead atoms. The highest BCUT2D eigenvalue weighted by Crippen LogP contribution is 2.69. The summed E-state index contributed by atoms with van der Waals surface area (Å²) in [6, 6.07) is 56.4. The zero-order valence-electron chi connectivity index (χ0n) is 31.6. The summed E-state index contributed by atoms with van der Waals surface area (Å²) in [7, 11) is 0. The van der Waals surface area contributed by atoms with Crippen molar-refractivity contribution in [2.75, 3.05) is 4.90 Å². The topological polar surface area (TPSA) is 21.7 Å². The van der Waals surface area contributed by atoms with Crippen LogP contribution in [-0.4, -0.2) is 0 Å². The minimum Gasteiger partial charge on any atom is -0.449 e. The normalized spacial score (nSPS) is 17.3. The van der Waals surface area contributed by atoms with Gasteiger partial charge in [0.05, 0.1) is 11.1 Å². The Morgan fingerprint density at radius 1 is 0.614 bits per heavy atom. The maximum Gasteiger partial charge on any atom is 0.194 e. The van der Waals surface area contributed by atoms with Crippen molar-refractivity contribution in [3.05, 3.63) is 229 Å². The third-order valence-corrected chi connectivity index (χ3v) is 12.3. The van der Waals surface area contributed by atoms with E-state index in [1.807, 2.05) is 12.1 Å². The summed E-state index contributed by atoms with van der Waals surface area (Å²) in [4.78, 5) is 2.28. The molecule has 3 nitrogen and oxygen atoms in total. The van der Waals surface area contributed by atoms with E-state index >= 15 is 0 Å². The first-order valence-corrected chi connectivity index (χ1v) is 19.7. The highest BCUT2D eigenvalue weighted by molar-refractivity contribution is 5.90. The molecule has 0 fully saturated rings. The number of hydrogen-bond acceptors (Lipinski definition) is 3. The number of benzene rings is 7. The van der Waals surface area contributed by atoms with Crippen LogP contribution in [0.15, 0.2) is 201 Å². The fourth-order valence-electron chi connectivity index (χ4n) is 9.95. The first-order valence-electron chi connectivity index (χ1n) is 19.7. The van der Waals surface area contributed by atoms with Gasteiger partial charge in [-0.05, 0) is 106 Å². The fraction of sp³-hybridized carbons (Fsp3) is 0.0741. The van der Waals surface area contributed by atoms with E-state index in [4.69, 9.17) is 9.47 Å². The zero-order chi connectivity index (χ0) is 38.1. The highest BCUT2D eigenvalue weighted by atomic mass is 16.6. The van der Waals surface area contributed by atoms with Crippen molar-refractivity contribution in [3.63, 3.8) is 0 Å². The van der Waals surface area contributed by atoms with E-state index < -0.39 is 5.41 Å². The van der Waals surface area contributed by atoms with E-state index in [1.54, 1.807) is 0 Å². The molecule has 0 aromatic heterocycles. The second-order valence-corrected chi connectivity index (χ2v) is 15.3. The van der Waals surface area contributed by atoms with E-state index in [9.17, 15) is 0 Å². The van der Waals surface area contributed by atoms with Gasteiger partial charge >= 0.3 is 0 Å². The molecule has 7 aromatic carbocycles. The predicted octanol–water partition coefficient (Wildman–Crippen LogP) is 14.5. The van der Waals surface area contributed by atoms with Gasteiger partial charge in [-0.25, -0.2) is 0 Å². The number of anilines is 3. The van der Waals surface area contributed by atoms with Gasteiger partial charge in [0.2, 0.25) is 0 Å². The van der Waals surface area contributed by atoms with Gasteiger partial charge in [0.15, 0.2) is 23.0 Å². The van der Waals surface area contributed by atoms with E-state index in [1.165, 1.54) is 33.4 Å². The van der Waals surface area contributed by atoms with Gasteiger partial charge in [-0.1, -0.05) is 152 Å². The molecule has 3 heteroatoms. The highest BCUT2D eigenvalue weighted by Gasteiger charge is 2.59. The number of rotatable bonds is 6. The summed E-state index contributed by atoms with van der Waals surface area (Å²) < 4.78 is 14.5. The van der Waals surface area contributed by atoms with Gasteiger partial charge in [-0.15, -0.1) is 0 Å². The number of fused-ring (bicyclic) bond motifs is 13. The van der Waals surface area contributed by atoms with Crippen molar-refractivity contribution in [2.45, 2.75) is 18.3 Å². The van der Waals surface area contributed by atoms with Gasteiger partial charge < -0.3 is 14.4 Å². The molecule has 1 aliphatic heterocycles. The first kappa shape index (κ1) is 33.3. The second kappa shape index (κ2) is 13.0. The maximum atomic E-state index is 7.27. The van der Waals surface area contributed by atoms with Crippen LogP contribution in [0.1, 0.15) is 40.7 Å². The van der Waals surface area contributed by atoms with Crippen molar-refractivity contribution in [1.82, 2.24) is 0 Å². The number of para-hydroxylation sites is 2. The molecule has 0 saturated heterocycles. The van der Waals surface area contributed by atoms with Crippen molar-refractivity contribution in [2.24, 2.45) is 5.92 Å². The number of hydrogen-bond donors (Lipinski definition) is 0. The van der Waals surface area contributed by atoms with Crippen LogP contribution in [0.25, 0.3) is 27.8 Å². The molecular weight excluding hydrogens is 695 g/mol. The van der Waals surface area contributed by atoms with Crippen molar-refractivity contribution in [1.29, 1.82) is 0 Å². The minimum absolute atomic E-state index is 0.184. The lowest BCUT2D eigenvalue weighted by Gasteiger charge is -2.37. The average Bonchev–Trinajstić information content (AvgIpc) is 3.74. The van der Waals surface area contributed by atoms with Gasteiger partial charge in [0.25, 0.3) is 0 Å². The summed E-state index contributed by atoms with van der Waals surface area (Å²) in [6.07, 6.45) is 13.1. The Bertz CT molecular complexity index is 2800. The molecule has 3 aliphatic carbocycles. The fourth-order valence-corrected chi connectivity index (χ4v) is 9.95. The van der Waals surface area contributed by atoms with E-state index in [0.29, 0.717) is 11.5 Å². The summed E-state index contributed by atoms with van der Waals surface area (Å²) >= 11 is 0. The van der Waals surface area contributed by atoms with Crippen LogP contribution in [0.3, 0.4) is 0 Å². The molecule has 0 N–H and O–H groups in total. The van der Waals surface area contributed by atoms with Crippen LogP contribution < -0.4 is 14.4 Å². The van der Waals surface area contributed by atoms with Gasteiger partial charge in [-0.3, -0.25) is 0 Å². The van der Waals surface area contributed by atoms with Crippen LogP contribution in [0.2, 0.25) is 0 Å². The van der Waals surface area contributed by atoms with Crippen LogP contribution in [-0.2, 0) is 5.41 Å². The van der Waals surface area contributed by atoms with Gasteiger partial charge in [0, 0.05) is 28.8 Å². The van der Waals surface area contributed by atoms with Gasteiger partial charge in [-0.2, -0.15) is 0 Å². The molecule has 0 saturated carbocycles. The molecule has 4 aliphatic rings. The molecule has 2 unspecified atom stereocenters. The summed E-state index contributed by atoms with van der Waals surface area (Å²) in [6.45, 7) is 6.12. The zero-order valence-corrected chi connectivity index (χ0v) is 31.6. The van der Waals surface area contributed by atoms with Crippen LogP contribution >= 0.6 is 0 Å². The smallest absolute Gasteiger partial charge is 0.194 e. The minimum atomic E-state index is -0.445. The molecule has 0 amide bonds. The molecule has 272 valence electrons. The molecule has 2 atom stereocenters. The first-order chi connectivity index (χ1) is 28.1. The molecule has 1 spiro atoms. The molecule has 1 heterocycles. The van der Waals surface area contributed by atoms with Gasteiger partial charge in [0.1, 0.15) is 0 Å². The maximum absolute atomic E-state index is 7.27. The molecule has 57 heavy (non-hydrogen) atoms. The SMILES string of the molecule is C=C/C=C(\C)c1cc(-c2ccccc2)cc(N(c2ccccc2)c2cccc3c2Oc2ccc4c(c2O3)C2(c3ccccc3-c3ccccc32)C2C=CC=CC42)c1. The lowest BCUT2D eigenvalue weighted by atomic mass is 9.65. The number of nitrogens with zero attached hydrogens (tertiary/aromatic N) is 1. The molecular formula is C54H39NO2. The second-order valence-electron chi connectivity index (χ2n) is 15.3. The van der Waals surface area contributed by atoms with Crippen molar-refractivity contribution in [3.8, 4) is 45.3 Å². The number of ether oxygens (including phenoxy) is 2. The average molecular weight is 734 g/mol. The molecule has 7 aromatic rings. The predicted molar refractivity (Wildman–Crippen MR) is 233 cm³/mol. The quantitative estimate of drug-likeness (QED) is 0.159. The lowest BCUT2D eigenvalue weighted by Crippen LogP contribution is -2.33. The third kappa shape index (κ3) is 4.92. The largest absolute Gasteiger partial charge is 0.449 e. The Kier molecular flexibility index (Phi) is 7.58. The molecule has 11 rings (SSSR count). The third-order valence-electron chi connectivity index (χ3n) is 12.3. The van der Waals surface area contributed by atoms with Crippen molar-refractivity contribution >= 4 is 22.6 Å². The number of allylic oxidation sites excluding steroid dienone is 7. The van der Waals surface area contributed by atoms with Crippen LogP contribution in [0.5, 0.6) is 23.0 Å². The van der Waals surface area contributed by atoms with E-state index in [2.05, 4.69) is 200 Å². The van der Waals surface area contributed by atoms with Crippen LogP contribution in [0, 0.1) is 5.92 Å². The Morgan fingerprint density at radius 3 is 2.04 bits per heavy atom. The Labute approximate surface area is 333 Å². The monoisotopic (exact) mass is 733 g/mol. The lowest BCUT2D eigenvalue weighted by molar-refractivity contribution is 0.350. The standard InChI is InChI=1S/C54H39NO2/c1-3-17-35(2)37-32-38(36-18-6-4-7-19-36)34-40(33-37)55(39-20-8-5-9-21-39)48-28-16-29-49-52(48)56-50-31-30-44-43-24-12-15-27-47(43)54(51(44)53(50)57-49)45-25-13-10-22-41(45)42-23-11-14-26-46(42)54/h3-34,43,47H,1H2,2H3/b35-17+. The summed E-state index contributed by atoms with van der Waals surface area (Å²) in [5, 5.41) is 0. The Morgan fingerprint density at radius 2 is 1.28 bits per heavy atom. The van der Waals surface area contributed by atoms with E-state index in [-0.39, 0.29) is 11.8 Å². The van der Waals surface area contributed by atoms with Crippen molar-refractivity contribution < 1.29 is 9.47 Å². The summed E-state index contributed by atoms with van der Waals surface area (Å²) in [5.74, 6) is 3.26. The molecule has 0 radical (unpaired) electrons. The Balaban J connectivity index is 1.11.